The van der Waals surface area contributed by atoms with E-state index in [-0.39, 0.29) is 12.7 Å². The highest BCUT2D eigenvalue weighted by molar-refractivity contribution is 5.94. The predicted molar refractivity (Wildman–Crippen MR) is 87.9 cm³/mol. The number of rotatable bonds is 4. The molecule has 3 aromatic rings. The number of carbonyl (C=O) groups is 1. The summed E-state index contributed by atoms with van der Waals surface area (Å²) in [5.74, 6) is 1.13. The van der Waals surface area contributed by atoms with Crippen LogP contribution in [0.15, 0.2) is 65.5 Å². The van der Waals surface area contributed by atoms with Crippen LogP contribution in [-0.2, 0) is 6.54 Å². The van der Waals surface area contributed by atoms with Crippen LogP contribution < -0.4 is 14.8 Å². The Labute approximate surface area is 138 Å². The minimum Gasteiger partial charge on any atom is -0.472 e. The molecule has 120 valence electrons. The van der Waals surface area contributed by atoms with Gasteiger partial charge < -0.3 is 19.2 Å². The Morgan fingerprint density at radius 3 is 2.58 bits per heavy atom. The zero-order chi connectivity index (χ0) is 16.4. The van der Waals surface area contributed by atoms with Gasteiger partial charge in [0.05, 0.1) is 12.5 Å². The fourth-order valence-electron chi connectivity index (χ4n) is 2.57. The van der Waals surface area contributed by atoms with Crippen molar-refractivity contribution in [3.05, 3.63) is 72.2 Å². The highest BCUT2D eigenvalue weighted by Gasteiger charge is 2.16. The maximum atomic E-state index is 12.3. The Kier molecular flexibility index (Phi) is 3.67. The summed E-state index contributed by atoms with van der Waals surface area (Å²) in [6.45, 7) is 0.655. The lowest BCUT2D eigenvalue weighted by Crippen LogP contribution is -2.22. The Hall–Kier alpha value is -3.21. The third kappa shape index (κ3) is 2.84. The molecule has 1 aromatic heterocycles. The van der Waals surface area contributed by atoms with Gasteiger partial charge in [-0.1, -0.05) is 24.3 Å². The molecule has 0 atom stereocenters. The van der Waals surface area contributed by atoms with Gasteiger partial charge in [-0.15, -0.1) is 0 Å². The highest BCUT2D eigenvalue weighted by Crippen LogP contribution is 2.32. The van der Waals surface area contributed by atoms with E-state index in [1.54, 1.807) is 30.7 Å². The van der Waals surface area contributed by atoms with Crippen molar-refractivity contribution in [3.8, 4) is 22.6 Å². The molecule has 2 heterocycles. The maximum Gasteiger partial charge on any atom is 0.251 e. The lowest BCUT2D eigenvalue weighted by Gasteiger charge is -2.07. The van der Waals surface area contributed by atoms with Crippen LogP contribution in [0.2, 0.25) is 0 Å². The van der Waals surface area contributed by atoms with Crippen LogP contribution in [0, 0.1) is 0 Å². The molecule has 2 aromatic carbocycles. The largest absolute Gasteiger partial charge is 0.472 e. The molecule has 4 rings (SSSR count). The van der Waals surface area contributed by atoms with Gasteiger partial charge >= 0.3 is 0 Å². The van der Waals surface area contributed by atoms with Crippen molar-refractivity contribution in [3.63, 3.8) is 0 Å². The molecule has 0 saturated heterocycles. The normalized spacial score (nSPS) is 12.2. The van der Waals surface area contributed by atoms with E-state index in [2.05, 4.69) is 5.32 Å². The molecular formula is C19H15NO4. The summed E-state index contributed by atoms with van der Waals surface area (Å²) >= 11 is 0. The van der Waals surface area contributed by atoms with Crippen LogP contribution in [0.5, 0.6) is 11.5 Å². The number of benzene rings is 2. The molecule has 1 amide bonds. The van der Waals surface area contributed by atoms with Crippen LogP contribution in [0.3, 0.4) is 0 Å². The first-order valence-electron chi connectivity index (χ1n) is 7.59. The number of carbonyl (C=O) groups excluding carboxylic acids is 1. The summed E-state index contributed by atoms with van der Waals surface area (Å²) in [4.78, 5) is 12.3. The zero-order valence-electron chi connectivity index (χ0n) is 12.8. The van der Waals surface area contributed by atoms with Gasteiger partial charge in [0.1, 0.15) is 0 Å². The molecule has 0 spiro atoms. The van der Waals surface area contributed by atoms with Crippen LogP contribution in [0.4, 0.5) is 0 Å². The van der Waals surface area contributed by atoms with Gasteiger partial charge in [0.2, 0.25) is 6.79 Å². The number of amides is 1. The first-order valence-corrected chi connectivity index (χ1v) is 7.59. The Morgan fingerprint density at radius 2 is 1.79 bits per heavy atom. The molecule has 1 aliphatic rings. The van der Waals surface area contributed by atoms with Gasteiger partial charge in [0.15, 0.2) is 11.5 Å². The van der Waals surface area contributed by atoms with Crippen LogP contribution in [0.25, 0.3) is 11.1 Å². The average Bonchev–Trinajstić information content (AvgIpc) is 3.30. The van der Waals surface area contributed by atoms with Crippen LogP contribution in [0.1, 0.15) is 15.9 Å². The molecule has 5 heteroatoms. The molecule has 5 nitrogen and oxygen atoms in total. The van der Waals surface area contributed by atoms with Crippen molar-refractivity contribution in [1.29, 1.82) is 0 Å². The molecule has 0 saturated carbocycles. The topological polar surface area (TPSA) is 60.7 Å². The third-order valence-corrected chi connectivity index (χ3v) is 3.90. The van der Waals surface area contributed by atoms with Crippen molar-refractivity contribution in [1.82, 2.24) is 5.32 Å². The SMILES string of the molecule is O=C(NCc1ccc(-c2ccoc2)cc1)c1ccc2c(c1)OCO2. The van der Waals surface area contributed by atoms with Crippen molar-refractivity contribution in [2.45, 2.75) is 6.54 Å². The second-order valence-corrected chi connectivity index (χ2v) is 5.46. The highest BCUT2D eigenvalue weighted by atomic mass is 16.7. The smallest absolute Gasteiger partial charge is 0.251 e. The van der Waals surface area contributed by atoms with E-state index in [9.17, 15) is 4.79 Å². The van der Waals surface area contributed by atoms with Crippen molar-refractivity contribution in [2.75, 3.05) is 6.79 Å². The van der Waals surface area contributed by atoms with Crippen molar-refractivity contribution >= 4 is 5.91 Å². The minimum absolute atomic E-state index is 0.146. The van der Waals surface area contributed by atoms with E-state index < -0.39 is 0 Å². The van der Waals surface area contributed by atoms with Gasteiger partial charge in [-0.3, -0.25) is 4.79 Å². The Morgan fingerprint density at radius 1 is 0.958 bits per heavy atom. The maximum absolute atomic E-state index is 12.3. The van der Waals surface area contributed by atoms with Gasteiger partial charge in [-0.25, -0.2) is 0 Å². The molecule has 24 heavy (non-hydrogen) atoms. The quantitative estimate of drug-likeness (QED) is 0.797. The van der Waals surface area contributed by atoms with Crippen LogP contribution in [-0.4, -0.2) is 12.7 Å². The fraction of sp³-hybridized carbons (Fsp3) is 0.105. The standard InChI is InChI=1S/C19H15NO4/c21-19(15-5-6-17-18(9-15)24-12-23-17)20-10-13-1-3-14(4-2-13)16-7-8-22-11-16/h1-9,11H,10,12H2,(H,20,21). The summed E-state index contributed by atoms with van der Waals surface area (Å²) in [6.07, 6.45) is 3.35. The number of fused-ring (bicyclic) bond motifs is 1. The van der Waals surface area contributed by atoms with Gasteiger partial charge in [0.25, 0.3) is 5.91 Å². The number of hydrogen-bond donors (Lipinski definition) is 1. The Bertz CT molecular complexity index is 854. The molecule has 0 radical (unpaired) electrons. The third-order valence-electron chi connectivity index (χ3n) is 3.90. The second-order valence-electron chi connectivity index (χ2n) is 5.46. The monoisotopic (exact) mass is 321 g/mol. The fourth-order valence-corrected chi connectivity index (χ4v) is 2.57. The molecule has 1 aliphatic heterocycles. The number of ether oxygens (including phenoxy) is 2. The lowest BCUT2D eigenvalue weighted by atomic mass is 10.1. The van der Waals surface area contributed by atoms with E-state index in [4.69, 9.17) is 13.9 Å². The summed E-state index contributed by atoms with van der Waals surface area (Å²) in [5.41, 5.74) is 3.69. The summed E-state index contributed by atoms with van der Waals surface area (Å²) in [7, 11) is 0. The molecule has 0 unspecified atom stereocenters. The molecular weight excluding hydrogens is 306 g/mol. The van der Waals surface area contributed by atoms with E-state index in [0.29, 0.717) is 23.6 Å². The zero-order valence-corrected chi connectivity index (χ0v) is 12.8. The minimum atomic E-state index is -0.146. The van der Waals surface area contributed by atoms with Crippen molar-refractivity contribution in [2.24, 2.45) is 0 Å². The summed E-state index contributed by atoms with van der Waals surface area (Å²) in [6, 6.07) is 15.1. The molecule has 0 fully saturated rings. The molecule has 0 bridgehead atoms. The van der Waals surface area contributed by atoms with Gasteiger partial charge in [-0.05, 0) is 35.4 Å². The first kappa shape index (κ1) is 14.4. The first-order chi connectivity index (χ1) is 11.8. The number of furan rings is 1. The van der Waals surface area contributed by atoms with Crippen LogP contribution >= 0.6 is 0 Å². The van der Waals surface area contributed by atoms with E-state index in [1.165, 1.54) is 0 Å². The van der Waals surface area contributed by atoms with Crippen molar-refractivity contribution < 1.29 is 18.7 Å². The lowest BCUT2D eigenvalue weighted by molar-refractivity contribution is 0.0950. The molecule has 0 aliphatic carbocycles. The summed E-state index contributed by atoms with van der Waals surface area (Å²) in [5, 5.41) is 2.91. The van der Waals surface area contributed by atoms with Gasteiger partial charge in [-0.2, -0.15) is 0 Å². The van der Waals surface area contributed by atoms with E-state index in [0.717, 1.165) is 16.7 Å². The predicted octanol–water partition coefficient (Wildman–Crippen LogP) is 3.61. The summed E-state index contributed by atoms with van der Waals surface area (Å²) < 4.78 is 15.6. The number of nitrogens with one attached hydrogen (secondary N) is 1. The molecule has 1 N–H and O–H groups in total. The number of hydrogen-bond acceptors (Lipinski definition) is 4. The van der Waals surface area contributed by atoms with E-state index in [1.807, 2.05) is 30.3 Å². The average molecular weight is 321 g/mol. The van der Waals surface area contributed by atoms with E-state index >= 15 is 0 Å². The Balaban J connectivity index is 1.40. The van der Waals surface area contributed by atoms with Gasteiger partial charge in [0, 0.05) is 17.7 Å². The second kappa shape index (κ2) is 6.12.